The van der Waals surface area contributed by atoms with Crippen LogP contribution in [-0.2, 0) is 21.1 Å². The summed E-state index contributed by atoms with van der Waals surface area (Å²) < 4.78 is 43.7. The van der Waals surface area contributed by atoms with Gasteiger partial charge < -0.3 is 10.5 Å². The quantitative estimate of drug-likeness (QED) is 0.841. The lowest BCUT2D eigenvalue weighted by atomic mass is 9.60. The normalized spacial score (nSPS) is 26.7. The molecule has 0 aliphatic heterocycles. The standard InChI is InChI=1S/C13H14F3NO2/c1-19-11(18)12(6-8(17)7-12)9-4-2-3-5-10(9)13(14,15)16/h2-5,8H,6-7,17H2,1H3. The van der Waals surface area contributed by atoms with Crippen LogP contribution in [0.4, 0.5) is 13.2 Å². The summed E-state index contributed by atoms with van der Waals surface area (Å²) in [5, 5.41) is 0. The van der Waals surface area contributed by atoms with E-state index in [2.05, 4.69) is 4.74 Å². The van der Waals surface area contributed by atoms with Gasteiger partial charge in [-0.1, -0.05) is 18.2 Å². The van der Waals surface area contributed by atoms with E-state index in [0.717, 1.165) is 6.07 Å². The first-order valence-electron chi connectivity index (χ1n) is 5.82. The number of hydrogen-bond donors (Lipinski definition) is 1. The molecule has 2 rings (SSSR count). The molecule has 6 heteroatoms. The largest absolute Gasteiger partial charge is 0.468 e. The summed E-state index contributed by atoms with van der Waals surface area (Å²) in [7, 11) is 1.17. The molecule has 1 aromatic rings. The van der Waals surface area contributed by atoms with Crippen LogP contribution in [0.25, 0.3) is 0 Å². The summed E-state index contributed by atoms with van der Waals surface area (Å²) in [5.74, 6) is -0.661. The Morgan fingerprint density at radius 2 is 1.95 bits per heavy atom. The third-order valence-corrected chi connectivity index (χ3v) is 3.55. The van der Waals surface area contributed by atoms with Gasteiger partial charge in [-0.15, -0.1) is 0 Å². The second kappa shape index (κ2) is 4.52. The Kier molecular flexibility index (Phi) is 3.30. The van der Waals surface area contributed by atoms with E-state index in [-0.39, 0.29) is 24.4 Å². The molecule has 0 saturated heterocycles. The van der Waals surface area contributed by atoms with E-state index >= 15 is 0 Å². The topological polar surface area (TPSA) is 52.3 Å². The third-order valence-electron chi connectivity index (χ3n) is 3.55. The molecule has 1 saturated carbocycles. The van der Waals surface area contributed by atoms with Crippen LogP contribution >= 0.6 is 0 Å². The van der Waals surface area contributed by atoms with Crippen molar-refractivity contribution in [2.75, 3.05) is 7.11 Å². The summed E-state index contributed by atoms with van der Waals surface area (Å²) in [6, 6.07) is 4.81. The molecule has 1 aliphatic carbocycles. The number of esters is 1. The van der Waals surface area contributed by atoms with Crippen LogP contribution in [0.3, 0.4) is 0 Å². The molecule has 0 bridgehead atoms. The van der Waals surface area contributed by atoms with Gasteiger partial charge in [0, 0.05) is 6.04 Å². The molecule has 0 unspecified atom stereocenters. The van der Waals surface area contributed by atoms with Crippen molar-refractivity contribution in [2.24, 2.45) is 5.73 Å². The number of alkyl halides is 3. The number of hydrogen-bond acceptors (Lipinski definition) is 3. The van der Waals surface area contributed by atoms with Gasteiger partial charge in [-0.2, -0.15) is 13.2 Å². The van der Waals surface area contributed by atoms with Crippen molar-refractivity contribution in [1.29, 1.82) is 0 Å². The molecule has 0 spiro atoms. The fourth-order valence-electron chi connectivity index (χ4n) is 2.67. The zero-order chi connectivity index (χ0) is 14.3. The van der Waals surface area contributed by atoms with Crippen molar-refractivity contribution in [3.8, 4) is 0 Å². The van der Waals surface area contributed by atoms with Gasteiger partial charge in [-0.3, -0.25) is 4.79 Å². The van der Waals surface area contributed by atoms with Crippen molar-refractivity contribution in [2.45, 2.75) is 30.5 Å². The van der Waals surface area contributed by atoms with Gasteiger partial charge in [-0.25, -0.2) is 0 Å². The molecular weight excluding hydrogens is 259 g/mol. The lowest BCUT2D eigenvalue weighted by Crippen LogP contribution is -2.55. The Bertz CT molecular complexity index is 493. The maximum Gasteiger partial charge on any atom is 0.416 e. The summed E-state index contributed by atoms with van der Waals surface area (Å²) in [4.78, 5) is 11.9. The van der Waals surface area contributed by atoms with E-state index < -0.39 is 23.1 Å². The first kappa shape index (κ1) is 13.9. The first-order chi connectivity index (χ1) is 8.81. The van der Waals surface area contributed by atoms with Crippen molar-refractivity contribution >= 4 is 5.97 Å². The highest BCUT2D eigenvalue weighted by atomic mass is 19.4. The maximum atomic E-state index is 13.0. The van der Waals surface area contributed by atoms with E-state index in [4.69, 9.17) is 5.73 Å². The smallest absolute Gasteiger partial charge is 0.416 e. The van der Waals surface area contributed by atoms with Crippen molar-refractivity contribution in [1.82, 2.24) is 0 Å². The van der Waals surface area contributed by atoms with Gasteiger partial charge in [0.25, 0.3) is 0 Å². The highest BCUT2D eigenvalue weighted by Gasteiger charge is 2.54. The van der Waals surface area contributed by atoms with Crippen LogP contribution in [0.15, 0.2) is 24.3 Å². The second-order valence-corrected chi connectivity index (χ2v) is 4.79. The molecule has 104 valence electrons. The Morgan fingerprint density at radius 1 is 1.37 bits per heavy atom. The maximum absolute atomic E-state index is 13.0. The zero-order valence-corrected chi connectivity index (χ0v) is 10.3. The predicted molar refractivity (Wildman–Crippen MR) is 62.3 cm³/mol. The molecule has 1 aliphatic rings. The van der Waals surface area contributed by atoms with E-state index in [1.807, 2.05) is 0 Å². The van der Waals surface area contributed by atoms with Crippen LogP contribution in [0.2, 0.25) is 0 Å². The number of carbonyl (C=O) groups is 1. The zero-order valence-electron chi connectivity index (χ0n) is 10.3. The van der Waals surface area contributed by atoms with Crippen LogP contribution in [0.5, 0.6) is 0 Å². The van der Waals surface area contributed by atoms with Gasteiger partial charge in [0.1, 0.15) is 0 Å². The molecular formula is C13H14F3NO2. The minimum absolute atomic E-state index is 0.0453. The number of halogens is 3. The van der Waals surface area contributed by atoms with Crippen molar-refractivity contribution < 1.29 is 22.7 Å². The molecule has 3 nitrogen and oxygen atoms in total. The van der Waals surface area contributed by atoms with Crippen LogP contribution < -0.4 is 5.73 Å². The van der Waals surface area contributed by atoms with Gasteiger partial charge in [0.05, 0.1) is 18.1 Å². The summed E-state index contributed by atoms with van der Waals surface area (Å²) in [6.45, 7) is 0. The number of methoxy groups -OCH3 is 1. The van der Waals surface area contributed by atoms with E-state index in [9.17, 15) is 18.0 Å². The average molecular weight is 273 g/mol. The van der Waals surface area contributed by atoms with Gasteiger partial charge in [0.15, 0.2) is 0 Å². The van der Waals surface area contributed by atoms with Gasteiger partial charge in [0.2, 0.25) is 0 Å². The van der Waals surface area contributed by atoms with Crippen molar-refractivity contribution in [3.63, 3.8) is 0 Å². The SMILES string of the molecule is COC(=O)C1(c2ccccc2C(F)(F)F)CC(N)C1. The Morgan fingerprint density at radius 3 is 2.42 bits per heavy atom. The van der Waals surface area contributed by atoms with E-state index in [1.165, 1.54) is 25.3 Å². The fourth-order valence-corrected chi connectivity index (χ4v) is 2.67. The number of nitrogens with two attached hydrogens (primary N) is 1. The molecule has 0 aromatic heterocycles. The van der Waals surface area contributed by atoms with Crippen molar-refractivity contribution in [3.05, 3.63) is 35.4 Å². The predicted octanol–water partition coefficient (Wildman–Crippen LogP) is 2.24. The van der Waals surface area contributed by atoms with E-state index in [1.54, 1.807) is 0 Å². The second-order valence-electron chi connectivity index (χ2n) is 4.79. The number of carbonyl (C=O) groups excluding carboxylic acids is 1. The minimum atomic E-state index is -4.50. The summed E-state index contributed by atoms with van der Waals surface area (Å²) in [5.41, 5.74) is 3.55. The Hall–Kier alpha value is -1.56. The summed E-state index contributed by atoms with van der Waals surface area (Å²) in [6.07, 6.45) is -4.16. The Labute approximate surface area is 108 Å². The molecule has 2 N–H and O–H groups in total. The van der Waals surface area contributed by atoms with Crippen LogP contribution in [-0.4, -0.2) is 19.1 Å². The molecule has 0 amide bonds. The number of benzene rings is 1. The molecule has 0 atom stereocenters. The lowest BCUT2D eigenvalue weighted by Gasteiger charge is -2.44. The molecule has 1 aromatic carbocycles. The van der Waals surface area contributed by atoms with Crippen LogP contribution in [0, 0.1) is 0 Å². The van der Waals surface area contributed by atoms with E-state index in [0.29, 0.717) is 0 Å². The molecule has 1 fully saturated rings. The lowest BCUT2D eigenvalue weighted by molar-refractivity contribution is -0.153. The fraction of sp³-hybridized carbons (Fsp3) is 0.462. The molecule has 0 heterocycles. The summed E-state index contributed by atoms with van der Waals surface area (Å²) >= 11 is 0. The minimum Gasteiger partial charge on any atom is -0.468 e. The van der Waals surface area contributed by atoms with Gasteiger partial charge in [-0.05, 0) is 24.5 Å². The first-order valence-corrected chi connectivity index (χ1v) is 5.82. The Balaban J connectivity index is 2.53. The molecule has 19 heavy (non-hydrogen) atoms. The average Bonchev–Trinajstić information content (AvgIpc) is 2.32. The number of ether oxygens (including phenoxy) is 1. The monoisotopic (exact) mass is 273 g/mol. The molecule has 0 radical (unpaired) electrons. The number of rotatable bonds is 2. The van der Waals surface area contributed by atoms with Crippen LogP contribution in [0.1, 0.15) is 24.0 Å². The highest BCUT2D eigenvalue weighted by molar-refractivity contribution is 5.85. The van der Waals surface area contributed by atoms with Gasteiger partial charge >= 0.3 is 12.1 Å². The highest BCUT2D eigenvalue weighted by Crippen LogP contribution is 2.48. The third kappa shape index (κ3) is 2.20.